The first-order valence-electron chi connectivity index (χ1n) is 7.78. The van der Waals surface area contributed by atoms with Gasteiger partial charge in [0.15, 0.2) is 0 Å². The van der Waals surface area contributed by atoms with E-state index in [2.05, 4.69) is 26.5 Å². The summed E-state index contributed by atoms with van der Waals surface area (Å²) in [6, 6.07) is 8.95. The minimum atomic E-state index is -4.72. The molecule has 0 aliphatic heterocycles. The zero-order valence-corrected chi connectivity index (χ0v) is 15.1. The summed E-state index contributed by atoms with van der Waals surface area (Å²) in [7, 11) is 0. The number of imidazole rings is 1. The van der Waals surface area contributed by atoms with Crippen LogP contribution < -0.4 is 4.74 Å². The number of aryl methyl sites for hydroxylation is 1. The highest BCUT2D eigenvalue weighted by Gasteiger charge is 2.31. The van der Waals surface area contributed by atoms with E-state index in [9.17, 15) is 13.2 Å². The molecule has 0 amide bonds. The maximum Gasteiger partial charge on any atom is 0.573 e. The van der Waals surface area contributed by atoms with Crippen LogP contribution in [0.1, 0.15) is 22.8 Å². The molecule has 0 atom stereocenters. The molecule has 0 saturated heterocycles. The van der Waals surface area contributed by atoms with Crippen molar-refractivity contribution in [3.63, 3.8) is 0 Å². The molecule has 0 aliphatic rings. The van der Waals surface area contributed by atoms with Crippen LogP contribution in [0.5, 0.6) is 5.75 Å². The first kappa shape index (κ1) is 18.8. The third-order valence-corrected chi connectivity index (χ3v) is 3.86. The number of hydrogen-bond acceptors (Lipinski definition) is 3. The molecule has 2 aromatic heterocycles. The molecular weight excluding hydrogens is 379 g/mol. The van der Waals surface area contributed by atoms with Crippen molar-refractivity contribution in [2.24, 2.45) is 0 Å². The minimum Gasteiger partial charge on any atom is -0.406 e. The number of aromatic nitrogens is 3. The van der Waals surface area contributed by atoms with Gasteiger partial charge in [0.25, 0.3) is 0 Å². The first-order chi connectivity index (χ1) is 12.7. The summed E-state index contributed by atoms with van der Waals surface area (Å²) in [5, 5.41) is 0.349. The minimum absolute atomic E-state index is 0.281. The third kappa shape index (κ3) is 4.60. The summed E-state index contributed by atoms with van der Waals surface area (Å²) in [6.45, 7) is 3.63. The fraction of sp³-hybridized carbons (Fsp3) is 0.158. The van der Waals surface area contributed by atoms with E-state index in [1.807, 2.05) is 6.92 Å². The van der Waals surface area contributed by atoms with Gasteiger partial charge in [-0.2, -0.15) is 0 Å². The highest BCUT2D eigenvalue weighted by molar-refractivity contribution is 6.29. The van der Waals surface area contributed by atoms with Gasteiger partial charge in [0.2, 0.25) is 0 Å². The molecule has 1 aromatic carbocycles. The first-order valence-corrected chi connectivity index (χ1v) is 8.16. The van der Waals surface area contributed by atoms with E-state index in [1.54, 1.807) is 29.8 Å². The van der Waals surface area contributed by atoms with Gasteiger partial charge in [-0.15, -0.1) is 13.2 Å². The molecule has 0 N–H and O–H groups in total. The van der Waals surface area contributed by atoms with Crippen LogP contribution in [0.15, 0.2) is 42.6 Å². The smallest absolute Gasteiger partial charge is 0.406 e. The molecule has 0 saturated carbocycles. The summed E-state index contributed by atoms with van der Waals surface area (Å²) < 4.78 is 42.5. The molecule has 0 radical (unpaired) electrons. The van der Waals surface area contributed by atoms with Crippen LogP contribution in [-0.4, -0.2) is 20.9 Å². The quantitative estimate of drug-likeness (QED) is 0.464. The molecule has 3 rings (SSSR count). The highest BCUT2D eigenvalue weighted by Crippen LogP contribution is 2.25. The van der Waals surface area contributed by atoms with Crippen LogP contribution in [0.3, 0.4) is 0 Å². The molecule has 3 aromatic rings. The number of benzene rings is 1. The summed E-state index contributed by atoms with van der Waals surface area (Å²) in [5.74, 6) is 6.34. The Labute approximate surface area is 158 Å². The molecule has 138 valence electrons. The van der Waals surface area contributed by atoms with Crippen molar-refractivity contribution in [3.8, 4) is 23.3 Å². The number of halogens is 4. The molecule has 0 unspecified atom stereocenters. The van der Waals surface area contributed by atoms with E-state index in [0.29, 0.717) is 27.9 Å². The average molecular weight is 392 g/mol. The molecule has 2 heterocycles. The van der Waals surface area contributed by atoms with Crippen molar-refractivity contribution in [3.05, 3.63) is 70.5 Å². The zero-order valence-electron chi connectivity index (χ0n) is 14.3. The third-order valence-electron chi connectivity index (χ3n) is 3.66. The Morgan fingerprint density at radius 3 is 2.41 bits per heavy atom. The summed E-state index contributed by atoms with van der Waals surface area (Å²) in [5.41, 5.74) is 2.70. The Bertz CT molecular complexity index is 1030. The Balaban J connectivity index is 1.90. The van der Waals surface area contributed by atoms with E-state index in [1.165, 1.54) is 24.3 Å². The second kappa shape index (κ2) is 7.33. The van der Waals surface area contributed by atoms with Gasteiger partial charge < -0.3 is 4.74 Å². The molecule has 0 bridgehead atoms. The van der Waals surface area contributed by atoms with Gasteiger partial charge in [-0.1, -0.05) is 17.5 Å². The highest BCUT2D eigenvalue weighted by atomic mass is 35.5. The number of nitrogens with zero attached hydrogens (tertiary/aromatic N) is 3. The van der Waals surface area contributed by atoms with Gasteiger partial charge in [-0.3, -0.25) is 4.57 Å². The zero-order chi connectivity index (χ0) is 19.6. The Hall–Kier alpha value is -2.98. The Morgan fingerprint density at radius 2 is 1.78 bits per heavy atom. The maximum atomic E-state index is 12.3. The van der Waals surface area contributed by atoms with Crippen LogP contribution in [0, 0.1) is 25.7 Å². The van der Waals surface area contributed by atoms with Gasteiger partial charge in [0.1, 0.15) is 22.4 Å². The van der Waals surface area contributed by atoms with E-state index < -0.39 is 6.36 Å². The van der Waals surface area contributed by atoms with Crippen molar-refractivity contribution >= 4 is 11.6 Å². The standard InChI is InChI=1S/C19H13ClF3N3O/c1-12-17(8-3-14-9-10-24-18(20)11-14)25-13(2)26(12)15-4-6-16(7-5-15)27-19(21,22)23/h4-7,9-11H,1-2H3. The molecule has 4 nitrogen and oxygen atoms in total. The normalized spacial score (nSPS) is 11.0. The number of ether oxygens (including phenoxy) is 1. The van der Waals surface area contributed by atoms with E-state index in [4.69, 9.17) is 11.6 Å². The lowest BCUT2D eigenvalue weighted by molar-refractivity contribution is -0.274. The second-order valence-electron chi connectivity index (χ2n) is 5.59. The summed E-state index contributed by atoms with van der Waals surface area (Å²) >= 11 is 5.84. The SMILES string of the molecule is Cc1nc(C#Cc2ccnc(Cl)c2)c(C)n1-c1ccc(OC(F)(F)F)cc1. The fourth-order valence-electron chi connectivity index (χ4n) is 2.55. The van der Waals surface area contributed by atoms with Crippen molar-refractivity contribution in [1.29, 1.82) is 0 Å². The van der Waals surface area contributed by atoms with E-state index in [0.717, 1.165) is 5.69 Å². The number of alkyl halides is 3. The lowest BCUT2D eigenvalue weighted by Crippen LogP contribution is -2.17. The molecule has 0 fully saturated rings. The van der Waals surface area contributed by atoms with Crippen molar-refractivity contribution < 1.29 is 17.9 Å². The maximum absolute atomic E-state index is 12.3. The second-order valence-corrected chi connectivity index (χ2v) is 5.97. The summed E-state index contributed by atoms with van der Waals surface area (Å²) in [6.07, 6.45) is -3.16. The van der Waals surface area contributed by atoms with Crippen molar-refractivity contribution in [1.82, 2.24) is 14.5 Å². The van der Waals surface area contributed by atoms with Crippen LogP contribution in [0.25, 0.3) is 5.69 Å². The van der Waals surface area contributed by atoms with Crippen LogP contribution in [-0.2, 0) is 0 Å². The van der Waals surface area contributed by atoms with Gasteiger partial charge >= 0.3 is 6.36 Å². The molecule has 0 spiro atoms. The van der Waals surface area contributed by atoms with Crippen LogP contribution in [0.4, 0.5) is 13.2 Å². The van der Waals surface area contributed by atoms with Crippen LogP contribution in [0.2, 0.25) is 5.15 Å². The Morgan fingerprint density at radius 1 is 1.07 bits per heavy atom. The number of rotatable bonds is 2. The molecule has 27 heavy (non-hydrogen) atoms. The number of hydrogen-bond donors (Lipinski definition) is 0. The lowest BCUT2D eigenvalue weighted by atomic mass is 10.2. The predicted molar refractivity (Wildman–Crippen MR) is 94.9 cm³/mol. The van der Waals surface area contributed by atoms with Gasteiger partial charge in [0, 0.05) is 17.4 Å². The largest absolute Gasteiger partial charge is 0.573 e. The van der Waals surface area contributed by atoms with Crippen molar-refractivity contribution in [2.75, 3.05) is 0 Å². The van der Waals surface area contributed by atoms with Crippen LogP contribution >= 0.6 is 11.6 Å². The van der Waals surface area contributed by atoms with Gasteiger partial charge in [0.05, 0.1) is 5.69 Å². The average Bonchev–Trinajstić information content (AvgIpc) is 2.86. The van der Waals surface area contributed by atoms with Crippen molar-refractivity contribution in [2.45, 2.75) is 20.2 Å². The van der Waals surface area contributed by atoms with Gasteiger partial charge in [-0.25, -0.2) is 9.97 Å². The monoisotopic (exact) mass is 391 g/mol. The summed E-state index contributed by atoms with van der Waals surface area (Å²) in [4.78, 5) is 8.33. The molecular formula is C19H13ClF3N3O. The van der Waals surface area contributed by atoms with Gasteiger partial charge in [-0.05, 0) is 56.2 Å². The van der Waals surface area contributed by atoms with E-state index >= 15 is 0 Å². The predicted octanol–water partition coefficient (Wildman–Crippen LogP) is 4.84. The molecule has 0 aliphatic carbocycles. The number of pyridine rings is 1. The lowest BCUT2D eigenvalue weighted by Gasteiger charge is -2.11. The topological polar surface area (TPSA) is 39.9 Å². The Kier molecular flexibility index (Phi) is 5.10. The molecule has 8 heteroatoms. The van der Waals surface area contributed by atoms with E-state index in [-0.39, 0.29) is 5.75 Å². The fourth-order valence-corrected chi connectivity index (χ4v) is 2.72.